The molecular formula is C14H10FNO4. The summed E-state index contributed by atoms with van der Waals surface area (Å²) in [5.41, 5.74) is -0.291. The fraction of sp³-hybridized carbons (Fsp3) is 0. The molecule has 3 N–H and O–H groups in total. The topological polar surface area (TPSA) is 86.6 Å². The first-order valence-electron chi connectivity index (χ1n) is 5.61. The standard InChI is InChI=1S/C14H10FNO4/c15-9-6-4-8(5-7-9)13(18)16-12-10(14(19)20)2-1-3-11(12)17/h1-7,17H,(H,16,18)(H,19,20). The number of amides is 1. The molecule has 0 aliphatic rings. The van der Waals surface area contributed by atoms with E-state index in [2.05, 4.69) is 5.32 Å². The van der Waals surface area contributed by atoms with E-state index in [1.165, 1.54) is 30.3 Å². The van der Waals surface area contributed by atoms with Crippen LogP contribution in [0.1, 0.15) is 20.7 Å². The Kier molecular flexibility index (Phi) is 3.65. The van der Waals surface area contributed by atoms with Crippen molar-refractivity contribution in [2.45, 2.75) is 0 Å². The molecule has 2 aromatic carbocycles. The number of aromatic hydroxyl groups is 1. The van der Waals surface area contributed by atoms with E-state index in [9.17, 15) is 19.1 Å². The molecule has 0 saturated heterocycles. The van der Waals surface area contributed by atoms with Crippen molar-refractivity contribution in [3.63, 3.8) is 0 Å². The van der Waals surface area contributed by atoms with Crippen molar-refractivity contribution < 1.29 is 24.2 Å². The van der Waals surface area contributed by atoms with Gasteiger partial charge in [0.2, 0.25) is 0 Å². The van der Waals surface area contributed by atoms with E-state index >= 15 is 0 Å². The molecule has 0 spiro atoms. The predicted octanol–water partition coefficient (Wildman–Crippen LogP) is 2.48. The van der Waals surface area contributed by atoms with Crippen LogP contribution in [0, 0.1) is 5.82 Å². The molecule has 0 saturated carbocycles. The first kappa shape index (κ1) is 13.5. The van der Waals surface area contributed by atoms with Gasteiger partial charge in [-0.1, -0.05) is 6.07 Å². The molecule has 0 bridgehead atoms. The fourth-order valence-corrected chi connectivity index (χ4v) is 1.64. The van der Waals surface area contributed by atoms with Crippen LogP contribution in [0.4, 0.5) is 10.1 Å². The number of rotatable bonds is 3. The first-order valence-corrected chi connectivity index (χ1v) is 5.61. The van der Waals surface area contributed by atoms with Crippen LogP contribution in [0.5, 0.6) is 5.75 Å². The summed E-state index contributed by atoms with van der Waals surface area (Å²) < 4.78 is 12.8. The Bertz CT molecular complexity index is 667. The molecule has 5 nitrogen and oxygen atoms in total. The molecule has 0 atom stereocenters. The highest BCUT2D eigenvalue weighted by atomic mass is 19.1. The number of anilines is 1. The molecule has 1 amide bonds. The Labute approximate surface area is 113 Å². The number of aromatic carboxylic acids is 1. The minimum atomic E-state index is -1.28. The van der Waals surface area contributed by atoms with Gasteiger partial charge in [-0.05, 0) is 36.4 Å². The molecule has 0 unspecified atom stereocenters. The third kappa shape index (κ3) is 2.74. The number of carbonyl (C=O) groups is 2. The minimum absolute atomic E-state index is 0.144. The number of para-hydroxylation sites is 1. The molecule has 2 rings (SSSR count). The van der Waals surface area contributed by atoms with Crippen molar-refractivity contribution in [2.75, 3.05) is 5.32 Å². The summed E-state index contributed by atoms with van der Waals surface area (Å²) in [6.45, 7) is 0. The highest BCUT2D eigenvalue weighted by Crippen LogP contribution is 2.27. The van der Waals surface area contributed by atoms with Crippen molar-refractivity contribution in [1.82, 2.24) is 0 Å². The monoisotopic (exact) mass is 275 g/mol. The average Bonchev–Trinajstić information content (AvgIpc) is 2.41. The van der Waals surface area contributed by atoms with Gasteiger partial charge in [-0.15, -0.1) is 0 Å². The zero-order chi connectivity index (χ0) is 14.7. The van der Waals surface area contributed by atoms with E-state index < -0.39 is 17.7 Å². The summed E-state index contributed by atoms with van der Waals surface area (Å²) in [4.78, 5) is 22.9. The second-order valence-electron chi connectivity index (χ2n) is 3.97. The van der Waals surface area contributed by atoms with Crippen molar-refractivity contribution in [3.8, 4) is 5.75 Å². The van der Waals surface area contributed by atoms with E-state index in [1.807, 2.05) is 0 Å². The minimum Gasteiger partial charge on any atom is -0.506 e. The molecule has 0 heterocycles. The summed E-state index contributed by atoms with van der Waals surface area (Å²) >= 11 is 0. The Hall–Kier alpha value is -2.89. The van der Waals surface area contributed by atoms with Gasteiger partial charge in [-0.2, -0.15) is 0 Å². The maximum absolute atomic E-state index is 12.8. The summed E-state index contributed by atoms with van der Waals surface area (Å²) in [5, 5.41) is 20.9. The number of carbonyl (C=O) groups excluding carboxylic acids is 1. The Morgan fingerprint density at radius 1 is 1.05 bits per heavy atom. The lowest BCUT2D eigenvalue weighted by molar-refractivity contribution is 0.0697. The summed E-state index contributed by atoms with van der Waals surface area (Å²) in [6, 6.07) is 8.59. The Morgan fingerprint density at radius 3 is 2.30 bits per heavy atom. The molecule has 2 aromatic rings. The second-order valence-corrected chi connectivity index (χ2v) is 3.97. The van der Waals surface area contributed by atoms with Gasteiger partial charge in [0.1, 0.15) is 11.6 Å². The number of nitrogens with one attached hydrogen (secondary N) is 1. The summed E-state index contributed by atoms with van der Waals surface area (Å²) in [6.07, 6.45) is 0. The zero-order valence-electron chi connectivity index (χ0n) is 10.1. The lowest BCUT2D eigenvalue weighted by Gasteiger charge is -2.10. The number of benzene rings is 2. The molecule has 6 heteroatoms. The number of carboxylic acids is 1. The Balaban J connectivity index is 2.32. The number of carboxylic acid groups (broad SMARTS) is 1. The smallest absolute Gasteiger partial charge is 0.337 e. The Morgan fingerprint density at radius 2 is 1.70 bits per heavy atom. The van der Waals surface area contributed by atoms with Crippen LogP contribution in [0.2, 0.25) is 0 Å². The van der Waals surface area contributed by atoms with Crippen LogP contribution in [0.3, 0.4) is 0 Å². The van der Waals surface area contributed by atoms with Crippen LogP contribution in [-0.2, 0) is 0 Å². The largest absolute Gasteiger partial charge is 0.506 e. The average molecular weight is 275 g/mol. The molecule has 0 aliphatic carbocycles. The van der Waals surface area contributed by atoms with E-state index in [0.29, 0.717) is 0 Å². The van der Waals surface area contributed by atoms with Gasteiger partial charge in [-0.3, -0.25) is 4.79 Å². The van der Waals surface area contributed by atoms with Gasteiger partial charge in [0, 0.05) is 5.56 Å². The number of phenolic OH excluding ortho intramolecular Hbond substituents is 1. The molecule has 0 radical (unpaired) electrons. The SMILES string of the molecule is O=C(Nc1c(O)cccc1C(=O)O)c1ccc(F)cc1. The van der Waals surface area contributed by atoms with Crippen LogP contribution < -0.4 is 5.32 Å². The van der Waals surface area contributed by atoms with E-state index in [0.717, 1.165) is 12.1 Å². The van der Waals surface area contributed by atoms with Gasteiger partial charge in [0.25, 0.3) is 5.91 Å². The molecule has 102 valence electrons. The maximum atomic E-state index is 12.8. The molecule has 20 heavy (non-hydrogen) atoms. The summed E-state index contributed by atoms with van der Waals surface area (Å²) in [7, 11) is 0. The van der Waals surface area contributed by atoms with Gasteiger partial charge in [0.05, 0.1) is 11.3 Å². The normalized spacial score (nSPS) is 10.1. The van der Waals surface area contributed by atoms with Crippen LogP contribution >= 0.6 is 0 Å². The van der Waals surface area contributed by atoms with E-state index in [-0.39, 0.29) is 22.6 Å². The number of halogens is 1. The number of hydrogen-bond acceptors (Lipinski definition) is 3. The molecular weight excluding hydrogens is 265 g/mol. The van der Waals surface area contributed by atoms with Gasteiger partial charge >= 0.3 is 5.97 Å². The van der Waals surface area contributed by atoms with Crippen molar-refractivity contribution in [1.29, 1.82) is 0 Å². The maximum Gasteiger partial charge on any atom is 0.337 e. The third-order valence-corrected chi connectivity index (χ3v) is 2.62. The van der Waals surface area contributed by atoms with E-state index in [1.54, 1.807) is 0 Å². The third-order valence-electron chi connectivity index (χ3n) is 2.62. The van der Waals surface area contributed by atoms with E-state index in [4.69, 9.17) is 5.11 Å². The second kappa shape index (κ2) is 5.40. The quantitative estimate of drug-likeness (QED) is 0.751. The predicted molar refractivity (Wildman–Crippen MR) is 69.4 cm³/mol. The fourth-order valence-electron chi connectivity index (χ4n) is 1.64. The van der Waals surface area contributed by atoms with Crippen LogP contribution in [0.25, 0.3) is 0 Å². The van der Waals surface area contributed by atoms with Crippen LogP contribution in [0.15, 0.2) is 42.5 Å². The molecule has 0 aliphatic heterocycles. The highest BCUT2D eigenvalue weighted by Gasteiger charge is 2.16. The molecule has 0 aromatic heterocycles. The van der Waals surface area contributed by atoms with Gasteiger partial charge < -0.3 is 15.5 Å². The zero-order valence-corrected chi connectivity index (χ0v) is 10.1. The van der Waals surface area contributed by atoms with Crippen molar-refractivity contribution in [2.24, 2.45) is 0 Å². The van der Waals surface area contributed by atoms with Crippen LogP contribution in [-0.4, -0.2) is 22.1 Å². The van der Waals surface area contributed by atoms with Crippen molar-refractivity contribution >= 4 is 17.6 Å². The first-order chi connectivity index (χ1) is 9.49. The number of phenols is 1. The lowest BCUT2D eigenvalue weighted by Crippen LogP contribution is -2.15. The summed E-state index contributed by atoms with van der Waals surface area (Å²) in [5.74, 6) is -2.78. The van der Waals surface area contributed by atoms with Gasteiger partial charge in [0.15, 0.2) is 0 Å². The highest BCUT2D eigenvalue weighted by molar-refractivity contribution is 6.08. The van der Waals surface area contributed by atoms with Gasteiger partial charge in [-0.25, -0.2) is 9.18 Å². The number of hydrogen-bond donors (Lipinski definition) is 3. The molecule has 0 fully saturated rings. The van der Waals surface area contributed by atoms with Crippen molar-refractivity contribution in [3.05, 3.63) is 59.4 Å². The lowest BCUT2D eigenvalue weighted by atomic mass is 10.1.